The first kappa shape index (κ1) is 23.8. The molecule has 0 aliphatic heterocycles. The third-order valence-electron chi connectivity index (χ3n) is 4.10. The van der Waals surface area contributed by atoms with Crippen molar-refractivity contribution in [2.45, 2.75) is 4.90 Å². The summed E-state index contributed by atoms with van der Waals surface area (Å²) < 4.78 is 25.6. The minimum atomic E-state index is -3.40. The zero-order valence-corrected chi connectivity index (χ0v) is 20.2. The number of hydrogen-bond donors (Lipinski definition) is 0. The van der Waals surface area contributed by atoms with Gasteiger partial charge < -0.3 is 4.90 Å². The Morgan fingerprint density at radius 2 is 1.86 bits per heavy atom. The van der Waals surface area contributed by atoms with E-state index in [9.17, 15) is 13.2 Å². The highest BCUT2D eigenvalue weighted by molar-refractivity contribution is 9.10. The summed E-state index contributed by atoms with van der Waals surface area (Å²) in [5.41, 5.74) is 1.14. The van der Waals surface area contributed by atoms with Gasteiger partial charge in [-0.15, -0.1) is 12.4 Å². The number of aromatic nitrogens is 1. The Labute approximate surface area is 189 Å². The van der Waals surface area contributed by atoms with E-state index in [1.54, 1.807) is 17.0 Å². The normalized spacial score (nSPS) is 11.5. The summed E-state index contributed by atoms with van der Waals surface area (Å²) in [4.78, 5) is 21.6. The zero-order valence-electron chi connectivity index (χ0n) is 16.1. The van der Waals surface area contributed by atoms with E-state index in [-0.39, 0.29) is 23.2 Å². The molecule has 156 valence electrons. The fourth-order valence-corrected chi connectivity index (χ4v) is 4.81. The zero-order chi connectivity index (χ0) is 20.5. The van der Waals surface area contributed by atoms with Gasteiger partial charge in [-0.05, 0) is 50.5 Å². The molecule has 0 spiro atoms. The maximum absolute atomic E-state index is 13.3. The van der Waals surface area contributed by atoms with E-state index < -0.39 is 9.84 Å². The number of sulfone groups is 1. The quantitative estimate of drug-likeness (QED) is 0.491. The summed E-state index contributed by atoms with van der Waals surface area (Å²) >= 11 is 4.89. The summed E-state index contributed by atoms with van der Waals surface area (Å²) in [7, 11) is 0.468. The number of fused-ring (bicyclic) bond motifs is 1. The lowest BCUT2D eigenvalue weighted by Crippen LogP contribution is -2.36. The van der Waals surface area contributed by atoms with E-state index in [1.807, 2.05) is 37.2 Å². The minimum Gasteiger partial charge on any atom is -0.308 e. The first-order chi connectivity index (χ1) is 13.1. The van der Waals surface area contributed by atoms with Gasteiger partial charge in [0, 0.05) is 29.4 Å². The molecule has 3 aromatic rings. The molecular weight excluding hydrogens is 498 g/mol. The summed E-state index contributed by atoms with van der Waals surface area (Å²) in [5, 5.41) is 0.588. The minimum absolute atomic E-state index is 0. The van der Waals surface area contributed by atoms with Gasteiger partial charge >= 0.3 is 0 Å². The first-order valence-corrected chi connectivity index (χ1v) is 12.0. The predicted octanol–water partition coefficient (Wildman–Crippen LogP) is 4.09. The Kier molecular flexibility index (Phi) is 7.80. The van der Waals surface area contributed by atoms with Crippen LogP contribution in [0.5, 0.6) is 0 Å². The van der Waals surface area contributed by atoms with Crippen LogP contribution < -0.4 is 4.90 Å². The second kappa shape index (κ2) is 9.53. The van der Waals surface area contributed by atoms with Crippen molar-refractivity contribution in [2.24, 2.45) is 0 Å². The lowest BCUT2D eigenvalue weighted by molar-refractivity contribution is 0.0985. The number of hydrogen-bond acceptors (Lipinski definition) is 6. The number of anilines is 1. The highest BCUT2D eigenvalue weighted by Gasteiger charge is 2.22. The predicted molar refractivity (Wildman–Crippen MR) is 124 cm³/mol. The number of nitrogens with zero attached hydrogens (tertiary/aromatic N) is 3. The number of halogens is 2. The second-order valence-corrected chi connectivity index (χ2v) is 10.6. The van der Waals surface area contributed by atoms with Gasteiger partial charge in [-0.2, -0.15) is 0 Å². The highest BCUT2D eigenvalue weighted by atomic mass is 79.9. The van der Waals surface area contributed by atoms with Crippen LogP contribution in [-0.4, -0.2) is 57.6 Å². The molecule has 0 radical (unpaired) electrons. The molecule has 0 aliphatic rings. The summed E-state index contributed by atoms with van der Waals surface area (Å²) in [6.07, 6.45) is 1.13. The van der Waals surface area contributed by atoms with E-state index in [1.165, 1.54) is 23.5 Å². The van der Waals surface area contributed by atoms with E-state index in [0.717, 1.165) is 20.9 Å². The molecule has 1 heterocycles. The molecule has 0 aliphatic carbocycles. The van der Waals surface area contributed by atoms with Gasteiger partial charge in [-0.3, -0.25) is 9.69 Å². The number of rotatable bonds is 6. The summed E-state index contributed by atoms with van der Waals surface area (Å²) in [5.74, 6) is -0.273. The fraction of sp³-hybridized carbons (Fsp3) is 0.263. The van der Waals surface area contributed by atoms with Crippen molar-refractivity contribution in [3.63, 3.8) is 0 Å². The van der Waals surface area contributed by atoms with Crippen molar-refractivity contribution in [1.82, 2.24) is 9.88 Å². The Morgan fingerprint density at radius 1 is 1.14 bits per heavy atom. The van der Waals surface area contributed by atoms with E-state index in [4.69, 9.17) is 0 Å². The van der Waals surface area contributed by atoms with Gasteiger partial charge in [0.15, 0.2) is 15.0 Å². The van der Waals surface area contributed by atoms with Crippen molar-refractivity contribution >= 4 is 70.8 Å². The van der Waals surface area contributed by atoms with Crippen LogP contribution >= 0.6 is 39.7 Å². The molecule has 1 amide bonds. The third kappa shape index (κ3) is 5.76. The molecule has 2 aromatic carbocycles. The van der Waals surface area contributed by atoms with Crippen molar-refractivity contribution in [3.05, 3.63) is 52.5 Å². The molecule has 1 aromatic heterocycles. The number of benzene rings is 2. The molecule has 0 saturated carbocycles. The Balaban J connectivity index is 0.00000300. The number of carbonyl (C=O) groups excluding carboxylic acids is 1. The Hall–Kier alpha value is -1.52. The maximum atomic E-state index is 13.3. The molecule has 29 heavy (non-hydrogen) atoms. The van der Waals surface area contributed by atoms with Crippen LogP contribution in [0.4, 0.5) is 5.13 Å². The van der Waals surface area contributed by atoms with Crippen molar-refractivity contribution in [1.29, 1.82) is 0 Å². The standard InChI is InChI=1S/C19H20BrN3O3S2.ClH/c1-22(2)9-10-23(19-21-16-8-7-14(20)12-17(16)27-19)18(24)13-5-4-6-15(11-13)28(3,25)26;/h4-8,11-12H,9-10H2,1-3H3;1H. The van der Waals surface area contributed by atoms with Crippen LogP contribution in [0.2, 0.25) is 0 Å². The molecule has 0 saturated heterocycles. The van der Waals surface area contributed by atoms with Gasteiger partial charge in [0.2, 0.25) is 0 Å². The van der Waals surface area contributed by atoms with Gasteiger partial charge in [0.1, 0.15) is 0 Å². The molecule has 0 unspecified atom stereocenters. The second-order valence-electron chi connectivity index (χ2n) is 6.67. The number of carbonyl (C=O) groups is 1. The third-order valence-corrected chi connectivity index (χ3v) is 6.74. The van der Waals surface area contributed by atoms with Gasteiger partial charge in [-0.1, -0.05) is 33.3 Å². The molecular formula is C19H21BrClN3O3S2. The average molecular weight is 519 g/mol. The van der Waals surface area contributed by atoms with Crippen LogP contribution in [0.1, 0.15) is 10.4 Å². The Morgan fingerprint density at radius 3 is 2.52 bits per heavy atom. The lowest BCUT2D eigenvalue weighted by Gasteiger charge is -2.22. The number of amides is 1. The number of likely N-dealkylation sites (N-methyl/N-ethyl adjacent to an activating group) is 1. The van der Waals surface area contributed by atoms with E-state index >= 15 is 0 Å². The van der Waals surface area contributed by atoms with Crippen molar-refractivity contribution < 1.29 is 13.2 Å². The van der Waals surface area contributed by atoms with Gasteiger partial charge in [0.25, 0.3) is 5.91 Å². The SMILES string of the molecule is CN(C)CCN(C(=O)c1cccc(S(C)(=O)=O)c1)c1nc2ccc(Br)cc2s1.Cl. The van der Waals surface area contributed by atoms with E-state index in [2.05, 4.69) is 20.9 Å². The van der Waals surface area contributed by atoms with Crippen LogP contribution in [0.15, 0.2) is 51.8 Å². The first-order valence-electron chi connectivity index (χ1n) is 8.48. The molecule has 0 N–H and O–H groups in total. The number of thiazole rings is 1. The van der Waals surface area contributed by atoms with Gasteiger partial charge in [-0.25, -0.2) is 13.4 Å². The van der Waals surface area contributed by atoms with Crippen LogP contribution in [0, 0.1) is 0 Å². The average Bonchev–Trinajstić information content (AvgIpc) is 3.03. The highest BCUT2D eigenvalue weighted by Crippen LogP contribution is 2.31. The molecule has 6 nitrogen and oxygen atoms in total. The van der Waals surface area contributed by atoms with Crippen LogP contribution in [-0.2, 0) is 9.84 Å². The van der Waals surface area contributed by atoms with Gasteiger partial charge in [0.05, 0.1) is 15.1 Å². The monoisotopic (exact) mass is 517 g/mol. The summed E-state index contributed by atoms with van der Waals surface area (Å²) in [6, 6.07) is 11.9. The molecule has 0 fully saturated rings. The molecule has 3 rings (SSSR count). The molecule has 0 atom stereocenters. The lowest BCUT2D eigenvalue weighted by atomic mass is 10.2. The molecule has 10 heteroatoms. The summed E-state index contributed by atoms with van der Waals surface area (Å²) in [6.45, 7) is 1.09. The Bertz CT molecular complexity index is 1130. The fourth-order valence-electron chi connectivity index (χ4n) is 2.60. The largest absolute Gasteiger partial charge is 0.308 e. The smallest absolute Gasteiger partial charge is 0.260 e. The van der Waals surface area contributed by atoms with Crippen molar-refractivity contribution in [2.75, 3.05) is 38.3 Å². The molecule has 0 bridgehead atoms. The maximum Gasteiger partial charge on any atom is 0.260 e. The van der Waals surface area contributed by atoms with Crippen LogP contribution in [0.25, 0.3) is 10.2 Å². The van der Waals surface area contributed by atoms with Crippen molar-refractivity contribution in [3.8, 4) is 0 Å². The van der Waals surface area contributed by atoms with E-state index in [0.29, 0.717) is 23.8 Å². The topological polar surface area (TPSA) is 70.6 Å². The van der Waals surface area contributed by atoms with Crippen LogP contribution in [0.3, 0.4) is 0 Å².